The van der Waals surface area contributed by atoms with Crippen molar-refractivity contribution in [2.45, 2.75) is 0 Å². The molecule has 2 aromatic rings. The molecule has 0 spiro atoms. The smallest absolute Gasteiger partial charge is 0.183 e. The summed E-state index contributed by atoms with van der Waals surface area (Å²) in [5.41, 5.74) is 0. The van der Waals surface area contributed by atoms with Gasteiger partial charge >= 0.3 is 0 Å². The Morgan fingerprint density at radius 3 is 3.00 bits per heavy atom. The summed E-state index contributed by atoms with van der Waals surface area (Å²) in [6.45, 7) is 1.23. The van der Waals surface area contributed by atoms with Crippen LogP contribution in [0.4, 0.5) is 0 Å². The van der Waals surface area contributed by atoms with Crippen LogP contribution < -0.4 is 9.47 Å². The van der Waals surface area contributed by atoms with Crippen molar-refractivity contribution in [1.82, 2.24) is 0 Å². The van der Waals surface area contributed by atoms with Gasteiger partial charge in [0.2, 0.25) is 0 Å². The fourth-order valence-electron chi connectivity index (χ4n) is 1.44. The van der Waals surface area contributed by atoms with Gasteiger partial charge in [-0.2, -0.15) is 0 Å². The van der Waals surface area contributed by atoms with Gasteiger partial charge in [0.1, 0.15) is 23.9 Å². The molecule has 72 valence electrons. The predicted molar refractivity (Wildman–Crippen MR) is 53.0 cm³/mol. The molecule has 0 saturated heterocycles. The van der Waals surface area contributed by atoms with Crippen molar-refractivity contribution < 1.29 is 13.9 Å². The van der Waals surface area contributed by atoms with Gasteiger partial charge < -0.3 is 13.9 Å². The topological polar surface area (TPSA) is 31.6 Å². The van der Waals surface area contributed by atoms with Crippen LogP contribution in [-0.2, 0) is 0 Å². The van der Waals surface area contributed by atoms with Crippen molar-refractivity contribution in [1.29, 1.82) is 0 Å². The second kappa shape index (κ2) is 3.06. The lowest BCUT2D eigenvalue weighted by Crippen LogP contribution is -2.14. The summed E-state index contributed by atoms with van der Waals surface area (Å²) in [6, 6.07) is 3.79. The first kappa shape index (κ1) is 7.94. The third kappa shape index (κ3) is 1.11. The van der Waals surface area contributed by atoms with E-state index in [9.17, 15) is 0 Å². The Bertz CT molecular complexity index is 430. The Balaban J connectivity index is 2.11. The molecule has 0 atom stereocenters. The summed E-state index contributed by atoms with van der Waals surface area (Å²) in [6.07, 6.45) is 1.66. The molecule has 0 saturated carbocycles. The SMILES string of the molecule is c1coc(-c2scc3c2OCCO3)c1. The highest BCUT2D eigenvalue weighted by Gasteiger charge is 2.20. The van der Waals surface area contributed by atoms with Gasteiger partial charge in [-0.1, -0.05) is 0 Å². The molecule has 2 aromatic heterocycles. The zero-order chi connectivity index (χ0) is 9.38. The molecule has 1 aliphatic heterocycles. The molecule has 0 aliphatic carbocycles. The number of rotatable bonds is 1. The van der Waals surface area contributed by atoms with Gasteiger partial charge in [0.05, 0.1) is 6.26 Å². The predicted octanol–water partition coefficient (Wildman–Crippen LogP) is 2.78. The van der Waals surface area contributed by atoms with E-state index < -0.39 is 0 Å². The fraction of sp³-hybridized carbons (Fsp3) is 0.200. The normalized spacial score (nSPS) is 14.3. The minimum absolute atomic E-state index is 0.609. The maximum Gasteiger partial charge on any atom is 0.183 e. The zero-order valence-electron chi connectivity index (χ0n) is 7.36. The number of furan rings is 1. The number of ether oxygens (including phenoxy) is 2. The minimum Gasteiger partial charge on any atom is -0.485 e. The molecule has 3 heterocycles. The molecule has 0 amide bonds. The standard InChI is InChI=1S/C10H8O3S/c1-2-7(11-3-1)10-9-8(6-14-10)12-4-5-13-9/h1-3,6H,4-5H2. The van der Waals surface area contributed by atoms with Crippen molar-refractivity contribution in [3.8, 4) is 22.1 Å². The number of fused-ring (bicyclic) bond motifs is 1. The third-order valence-electron chi connectivity index (χ3n) is 2.05. The van der Waals surface area contributed by atoms with Crippen molar-refractivity contribution in [2.24, 2.45) is 0 Å². The van der Waals surface area contributed by atoms with E-state index in [4.69, 9.17) is 13.9 Å². The minimum atomic E-state index is 0.609. The summed E-state index contributed by atoms with van der Waals surface area (Å²) in [5.74, 6) is 2.48. The van der Waals surface area contributed by atoms with Crippen LogP contribution >= 0.6 is 11.3 Å². The van der Waals surface area contributed by atoms with Gasteiger partial charge in [-0.25, -0.2) is 0 Å². The fourth-order valence-corrected chi connectivity index (χ4v) is 2.34. The van der Waals surface area contributed by atoms with Gasteiger partial charge in [0.25, 0.3) is 0 Å². The Morgan fingerprint density at radius 2 is 2.14 bits per heavy atom. The zero-order valence-corrected chi connectivity index (χ0v) is 8.17. The monoisotopic (exact) mass is 208 g/mol. The Hall–Kier alpha value is -1.42. The molecule has 0 aromatic carbocycles. The largest absolute Gasteiger partial charge is 0.485 e. The van der Waals surface area contributed by atoms with Crippen LogP contribution in [0.25, 0.3) is 10.6 Å². The van der Waals surface area contributed by atoms with Gasteiger partial charge in [0, 0.05) is 5.38 Å². The molecule has 3 rings (SSSR count). The first-order valence-corrected chi connectivity index (χ1v) is 5.24. The van der Waals surface area contributed by atoms with Crippen molar-refractivity contribution in [3.63, 3.8) is 0 Å². The van der Waals surface area contributed by atoms with E-state index in [1.165, 1.54) is 0 Å². The lowest BCUT2D eigenvalue weighted by molar-refractivity contribution is 0.174. The molecule has 14 heavy (non-hydrogen) atoms. The molecule has 3 nitrogen and oxygen atoms in total. The highest BCUT2D eigenvalue weighted by Crippen LogP contribution is 2.45. The Labute approximate surface area is 84.9 Å². The highest BCUT2D eigenvalue weighted by atomic mass is 32.1. The van der Waals surface area contributed by atoms with Crippen LogP contribution in [0.2, 0.25) is 0 Å². The van der Waals surface area contributed by atoms with E-state index in [2.05, 4.69) is 0 Å². The summed E-state index contributed by atoms with van der Waals surface area (Å²) in [4.78, 5) is 1.00. The van der Waals surface area contributed by atoms with Crippen LogP contribution in [0.3, 0.4) is 0 Å². The molecular weight excluding hydrogens is 200 g/mol. The first-order chi connectivity index (χ1) is 6.95. The van der Waals surface area contributed by atoms with Crippen molar-refractivity contribution in [3.05, 3.63) is 23.8 Å². The number of thiophene rings is 1. The van der Waals surface area contributed by atoms with Crippen LogP contribution in [0, 0.1) is 0 Å². The van der Waals surface area contributed by atoms with Crippen LogP contribution in [0.1, 0.15) is 0 Å². The van der Waals surface area contributed by atoms with E-state index in [0.717, 1.165) is 22.1 Å². The lowest BCUT2D eigenvalue weighted by Gasteiger charge is -2.15. The van der Waals surface area contributed by atoms with E-state index in [0.29, 0.717) is 13.2 Å². The maximum absolute atomic E-state index is 5.54. The van der Waals surface area contributed by atoms with E-state index in [1.807, 2.05) is 17.5 Å². The molecule has 0 fully saturated rings. The van der Waals surface area contributed by atoms with Gasteiger partial charge in [-0.15, -0.1) is 11.3 Å². The number of hydrogen-bond donors (Lipinski definition) is 0. The second-order valence-electron chi connectivity index (χ2n) is 2.93. The maximum atomic E-state index is 5.54. The third-order valence-corrected chi connectivity index (χ3v) is 3.00. The van der Waals surface area contributed by atoms with Gasteiger partial charge in [-0.3, -0.25) is 0 Å². The average Bonchev–Trinajstić information content (AvgIpc) is 2.85. The van der Waals surface area contributed by atoms with E-state index in [-0.39, 0.29) is 0 Å². The molecule has 1 aliphatic rings. The highest BCUT2D eigenvalue weighted by molar-refractivity contribution is 7.14. The van der Waals surface area contributed by atoms with Gasteiger partial charge in [-0.05, 0) is 12.1 Å². The van der Waals surface area contributed by atoms with Crippen molar-refractivity contribution >= 4 is 11.3 Å². The van der Waals surface area contributed by atoms with Crippen LogP contribution in [0.5, 0.6) is 11.5 Å². The second-order valence-corrected chi connectivity index (χ2v) is 3.81. The Morgan fingerprint density at radius 1 is 1.21 bits per heavy atom. The number of hydrogen-bond acceptors (Lipinski definition) is 4. The van der Waals surface area contributed by atoms with Crippen LogP contribution in [0.15, 0.2) is 28.2 Å². The van der Waals surface area contributed by atoms with E-state index in [1.54, 1.807) is 17.6 Å². The molecule has 0 bridgehead atoms. The quantitative estimate of drug-likeness (QED) is 0.722. The van der Waals surface area contributed by atoms with E-state index >= 15 is 0 Å². The molecule has 0 radical (unpaired) electrons. The van der Waals surface area contributed by atoms with Crippen molar-refractivity contribution in [2.75, 3.05) is 13.2 Å². The lowest BCUT2D eigenvalue weighted by atomic mass is 10.3. The summed E-state index contributed by atoms with van der Waals surface area (Å²) >= 11 is 1.58. The summed E-state index contributed by atoms with van der Waals surface area (Å²) < 4.78 is 16.3. The van der Waals surface area contributed by atoms with Gasteiger partial charge in [0.15, 0.2) is 11.5 Å². The average molecular weight is 208 g/mol. The molecule has 0 unspecified atom stereocenters. The first-order valence-electron chi connectivity index (χ1n) is 4.36. The summed E-state index contributed by atoms with van der Waals surface area (Å²) in [5, 5.41) is 1.95. The Kier molecular flexibility index (Phi) is 1.73. The van der Waals surface area contributed by atoms with Crippen LogP contribution in [-0.4, -0.2) is 13.2 Å². The molecule has 4 heteroatoms. The molecular formula is C10H8O3S. The molecule has 0 N–H and O–H groups in total. The summed E-state index contributed by atoms with van der Waals surface area (Å²) in [7, 11) is 0.